The second-order valence-corrected chi connectivity index (χ2v) is 10.0. The Kier molecular flexibility index (Phi) is 12.7. The Balaban J connectivity index is 0.00000126. The molecular weight excluding hydrogens is 471 g/mol. The van der Waals surface area contributed by atoms with Crippen LogP contribution in [0.25, 0.3) is 0 Å². The third-order valence-corrected chi connectivity index (χ3v) is 5.03. The summed E-state index contributed by atoms with van der Waals surface area (Å²) in [4.78, 5) is 18.0. The molecule has 0 aliphatic carbocycles. The molecule has 11 heteroatoms. The van der Waals surface area contributed by atoms with Gasteiger partial charge in [0.15, 0.2) is 6.61 Å². The average Bonchev–Trinajstić information content (AvgIpc) is 2.72. The summed E-state index contributed by atoms with van der Waals surface area (Å²) in [6, 6.07) is 3.53. The maximum atomic E-state index is 12.2. The fourth-order valence-corrected chi connectivity index (χ4v) is 2.90. The van der Waals surface area contributed by atoms with Crippen molar-refractivity contribution < 1.29 is 44.3 Å². The van der Waals surface area contributed by atoms with E-state index in [2.05, 4.69) is 27.7 Å². The van der Waals surface area contributed by atoms with Crippen molar-refractivity contribution in [3.8, 4) is 0 Å². The first-order chi connectivity index (χ1) is 15.1. The van der Waals surface area contributed by atoms with E-state index in [-0.39, 0.29) is 5.97 Å². The molecule has 0 saturated carbocycles. The minimum absolute atomic E-state index is 0.249. The van der Waals surface area contributed by atoms with E-state index in [9.17, 15) is 30.0 Å². The third-order valence-electron chi connectivity index (χ3n) is 5.03. The van der Waals surface area contributed by atoms with Crippen LogP contribution < -0.4 is 9.57 Å². The number of aromatic nitrogens is 1. The molecule has 1 aromatic heterocycles. The van der Waals surface area contributed by atoms with Crippen LogP contribution in [0.1, 0.15) is 89.4 Å². The maximum absolute atomic E-state index is 12.2. The van der Waals surface area contributed by atoms with Crippen LogP contribution in [-0.4, -0.2) is 19.2 Å². The number of carbonyl (C=O) groups excluding carboxylic acids is 1. The van der Waals surface area contributed by atoms with Gasteiger partial charge in [-0.3, -0.25) is 4.84 Å². The number of ether oxygens (including phenoxy) is 1. The van der Waals surface area contributed by atoms with Crippen molar-refractivity contribution >= 4 is 13.8 Å². The van der Waals surface area contributed by atoms with Crippen LogP contribution in [0.3, 0.4) is 0 Å². The first-order valence-corrected chi connectivity index (χ1v) is 13.5. The molecule has 1 aromatic rings. The van der Waals surface area contributed by atoms with E-state index in [0.29, 0.717) is 30.6 Å². The zero-order valence-electron chi connectivity index (χ0n) is 19.9. The summed E-state index contributed by atoms with van der Waals surface area (Å²) < 4.78 is 66.4. The van der Waals surface area contributed by atoms with Gasteiger partial charge in [-0.1, -0.05) is 59.8 Å². The van der Waals surface area contributed by atoms with Crippen molar-refractivity contribution in [2.45, 2.75) is 79.1 Å². The summed E-state index contributed by atoms with van der Waals surface area (Å²) in [5.74, 6) is 0.799. The van der Waals surface area contributed by atoms with E-state index < -0.39 is 7.81 Å². The molecule has 1 rings (SSSR count). The number of carbonyl (C=O) groups is 1. The molecule has 196 valence electrons. The zero-order valence-corrected chi connectivity index (χ0v) is 20.8. The topological polar surface area (TPSA) is 39.4 Å². The second kappa shape index (κ2) is 13.4. The number of pyridine rings is 1. The van der Waals surface area contributed by atoms with Gasteiger partial charge in [0, 0.05) is 16.9 Å². The molecule has 33 heavy (non-hydrogen) atoms. The van der Waals surface area contributed by atoms with Gasteiger partial charge in [-0.15, -0.1) is 0 Å². The average molecular weight is 510 g/mol. The number of hydrogen-bond acceptors (Lipinski definition) is 3. The minimum atomic E-state index is -10.7. The van der Waals surface area contributed by atoms with Gasteiger partial charge in [-0.2, -0.15) is 0 Å². The molecule has 0 radical (unpaired) electrons. The van der Waals surface area contributed by atoms with Crippen molar-refractivity contribution in [1.82, 2.24) is 0 Å². The van der Waals surface area contributed by atoms with Crippen LogP contribution in [0.4, 0.5) is 25.2 Å². The molecule has 0 aliphatic heterocycles. The summed E-state index contributed by atoms with van der Waals surface area (Å²) in [7, 11) is -10.7. The zero-order chi connectivity index (χ0) is 25.6. The van der Waals surface area contributed by atoms with Crippen LogP contribution in [-0.2, 0) is 4.74 Å². The Morgan fingerprint density at radius 2 is 1.27 bits per heavy atom. The number of hydrogen-bond donors (Lipinski definition) is 0. The number of unbranched alkanes of at least 4 members (excludes halogenated alkanes) is 2. The van der Waals surface area contributed by atoms with E-state index in [1.807, 2.05) is 0 Å². The molecule has 1 heterocycles. The number of nitrogens with zero attached hydrogens (tertiary/aromatic N) is 1. The van der Waals surface area contributed by atoms with Crippen LogP contribution in [0, 0.1) is 11.8 Å². The molecule has 2 unspecified atom stereocenters. The van der Waals surface area contributed by atoms with Gasteiger partial charge in [-0.25, -0.2) is 4.79 Å². The Labute approximate surface area is 192 Å². The molecule has 4 nitrogen and oxygen atoms in total. The Hall–Kier alpha value is -1.57. The van der Waals surface area contributed by atoms with E-state index in [1.54, 1.807) is 29.3 Å². The monoisotopic (exact) mass is 509 g/mol. The second-order valence-electron chi connectivity index (χ2n) is 8.13. The molecule has 0 amide bonds. The van der Waals surface area contributed by atoms with Gasteiger partial charge in [0.25, 0.3) is 0 Å². The SMILES string of the molecule is CCCCC(CC)COC(=O)c1cc[n+](OCC(CC)CCCC)cc1.F[P-](F)(F)(F)(F)F. The summed E-state index contributed by atoms with van der Waals surface area (Å²) >= 11 is 0. The fraction of sp³-hybridized carbons (Fsp3) is 0.727. The standard InChI is InChI=1S/C22H38NO3.F6P/c1-5-9-11-19(7-3)17-25-22(24)21-13-15-23(16-14-21)26-18-20(8-4)12-10-6-2;1-7(2,3,4,5)6/h13-16,19-20H,5-12,17-18H2,1-4H3;/q+1;-1. The molecule has 2 atom stereocenters. The van der Waals surface area contributed by atoms with Crippen molar-refractivity contribution in [3.63, 3.8) is 0 Å². The van der Waals surface area contributed by atoms with E-state index in [0.717, 1.165) is 19.3 Å². The van der Waals surface area contributed by atoms with E-state index in [1.165, 1.54) is 32.1 Å². The molecule has 0 bridgehead atoms. The normalized spacial score (nSPS) is 15.3. The van der Waals surface area contributed by atoms with Crippen LogP contribution in [0.2, 0.25) is 0 Å². The van der Waals surface area contributed by atoms with Gasteiger partial charge in [-0.05, 0) is 31.1 Å². The Morgan fingerprint density at radius 1 is 0.848 bits per heavy atom. The van der Waals surface area contributed by atoms with Gasteiger partial charge in [0.2, 0.25) is 12.4 Å². The molecule has 0 spiro atoms. The number of esters is 1. The van der Waals surface area contributed by atoms with E-state index >= 15 is 0 Å². The van der Waals surface area contributed by atoms with Crippen molar-refractivity contribution in [1.29, 1.82) is 0 Å². The van der Waals surface area contributed by atoms with Crippen LogP contribution in [0.5, 0.6) is 0 Å². The van der Waals surface area contributed by atoms with E-state index in [4.69, 9.17) is 9.57 Å². The molecule has 0 aliphatic rings. The predicted octanol–water partition coefficient (Wildman–Crippen LogP) is 8.37. The quantitative estimate of drug-likeness (QED) is 0.109. The first-order valence-electron chi connectivity index (χ1n) is 11.5. The summed E-state index contributed by atoms with van der Waals surface area (Å²) in [6.45, 7) is 9.98. The van der Waals surface area contributed by atoms with Crippen molar-refractivity contribution in [2.24, 2.45) is 11.8 Å². The van der Waals surface area contributed by atoms with Crippen LogP contribution in [0.15, 0.2) is 24.5 Å². The van der Waals surface area contributed by atoms with Crippen molar-refractivity contribution in [3.05, 3.63) is 30.1 Å². The van der Waals surface area contributed by atoms with Crippen LogP contribution >= 0.6 is 7.81 Å². The predicted molar refractivity (Wildman–Crippen MR) is 119 cm³/mol. The molecule has 0 fully saturated rings. The summed E-state index contributed by atoms with van der Waals surface area (Å²) in [5, 5.41) is 0. The summed E-state index contributed by atoms with van der Waals surface area (Å²) in [6.07, 6.45) is 12.9. The molecular formula is C22H38F6NO3P. The van der Waals surface area contributed by atoms with Gasteiger partial charge in [0.05, 0.1) is 12.2 Å². The third kappa shape index (κ3) is 20.7. The Morgan fingerprint density at radius 3 is 1.67 bits per heavy atom. The fourth-order valence-electron chi connectivity index (χ4n) is 2.90. The van der Waals surface area contributed by atoms with Gasteiger partial charge < -0.3 is 4.74 Å². The molecule has 0 saturated heterocycles. The molecule has 0 N–H and O–H groups in total. The summed E-state index contributed by atoms with van der Waals surface area (Å²) in [5.41, 5.74) is 0.577. The Bertz CT molecular complexity index is 672. The number of rotatable bonds is 14. The number of halogens is 6. The van der Waals surface area contributed by atoms with Gasteiger partial charge >= 0.3 is 39.0 Å². The molecule has 0 aromatic carbocycles. The first kappa shape index (κ1) is 31.4. The van der Waals surface area contributed by atoms with Crippen molar-refractivity contribution in [2.75, 3.05) is 13.2 Å². The van der Waals surface area contributed by atoms with Gasteiger partial charge in [0.1, 0.15) is 0 Å².